The van der Waals surface area contributed by atoms with Crippen molar-refractivity contribution in [3.63, 3.8) is 0 Å². The molecule has 0 fully saturated rings. The third-order valence-electron chi connectivity index (χ3n) is 3.43. The van der Waals surface area contributed by atoms with Crippen molar-refractivity contribution in [3.05, 3.63) is 65.2 Å². The molecule has 26 heavy (non-hydrogen) atoms. The Balaban J connectivity index is 0.00000312. The SMILES string of the molecule is Cl.Cl.N=C(N)c1cccc(C(=O)NCc2ccc(OCCCN)cc2)c1. The Morgan fingerprint density at radius 1 is 1.08 bits per heavy atom. The fraction of sp³-hybridized carbons (Fsp3) is 0.222. The number of amidine groups is 1. The first-order chi connectivity index (χ1) is 11.6. The van der Waals surface area contributed by atoms with E-state index in [0.717, 1.165) is 17.7 Å². The van der Waals surface area contributed by atoms with Gasteiger partial charge in [-0.25, -0.2) is 0 Å². The summed E-state index contributed by atoms with van der Waals surface area (Å²) in [6.45, 7) is 1.61. The van der Waals surface area contributed by atoms with Crippen LogP contribution < -0.4 is 21.5 Å². The van der Waals surface area contributed by atoms with E-state index in [0.29, 0.717) is 30.8 Å². The number of carbonyl (C=O) groups is 1. The summed E-state index contributed by atoms with van der Waals surface area (Å²) in [5, 5.41) is 10.3. The average Bonchev–Trinajstić information content (AvgIpc) is 2.61. The van der Waals surface area contributed by atoms with E-state index in [1.807, 2.05) is 24.3 Å². The largest absolute Gasteiger partial charge is 0.494 e. The van der Waals surface area contributed by atoms with Crippen LogP contribution in [-0.2, 0) is 6.54 Å². The first-order valence-corrected chi connectivity index (χ1v) is 7.74. The van der Waals surface area contributed by atoms with Crippen molar-refractivity contribution in [2.24, 2.45) is 11.5 Å². The third-order valence-corrected chi connectivity index (χ3v) is 3.43. The van der Waals surface area contributed by atoms with Gasteiger partial charge in [-0.15, -0.1) is 24.8 Å². The lowest BCUT2D eigenvalue weighted by Crippen LogP contribution is -2.23. The molecule has 0 aromatic heterocycles. The molecule has 2 aromatic carbocycles. The van der Waals surface area contributed by atoms with Crippen LogP contribution >= 0.6 is 24.8 Å². The van der Waals surface area contributed by atoms with Gasteiger partial charge in [0.05, 0.1) is 6.61 Å². The highest BCUT2D eigenvalue weighted by atomic mass is 35.5. The molecule has 0 aliphatic heterocycles. The minimum atomic E-state index is -0.207. The van der Waals surface area contributed by atoms with Crippen LogP contribution in [0.3, 0.4) is 0 Å². The molecule has 6 nitrogen and oxygen atoms in total. The summed E-state index contributed by atoms with van der Waals surface area (Å²) < 4.78 is 5.53. The number of hydrogen-bond donors (Lipinski definition) is 4. The van der Waals surface area contributed by atoms with E-state index in [1.165, 1.54) is 0 Å². The zero-order valence-corrected chi connectivity index (χ0v) is 15.9. The summed E-state index contributed by atoms with van der Waals surface area (Å²) in [5.74, 6) is 0.518. The van der Waals surface area contributed by atoms with Gasteiger partial charge in [-0.05, 0) is 42.8 Å². The van der Waals surface area contributed by atoms with Gasteiger partial charge in [0, 0.05) is 17.7 Å². The quantitative estimate of drug-likeness (QED) is 0.310. The summed E-state index contributed by atoms with van der Waals surface area (Å²) in [6, 6.07) is 14.3. The number of nitrogens with two attached hydrogens (primary N) is 2. The molecule has 0 aliphatic carbocycles. The van der Waals surface area contributed by atoms with Crippen LogP contribution in [0.4, 0.5) is 0 Å². The van der Waals surface area contributed by atoms with Crippen LogP contribution in [0.2, 0.25) is 0 Å². The van der Waals surface area contributed by atoms with Gasteiger partial charge in [-0.2, -0.15) is 0 Å². The summed E-state index contributed by atoms with van der Waals surface area (Å²) >= 11 is 0. The van der Waals surface area contributed by atoms with E-state index in [-0.39, 0.29) is 36.6 Å². The standard InChI is InChI=1S/C18H22N4O2.2ClH/c19-9-2-10-24-16-7-5-13(6-8-16)12-22-18(23)15-4-1-3-14(11-15)17(20)21;;/h1,3-8,11H,2,9-10,12,19H2,(H3,20,21)(H,22,23);2*1H. The second-order valence-electron chi connectivity index (χ2n) is 5.31. The smallest absolute Gasteiger partial charge is 0.251 e. The molecule has 6 N–H and O–H groups in total. The van der Waals surface area contributed by atoms with Crippen molar-refractivity contribution in [2.75, 3.05) is 13.2 Å². The second-order valence-corrected chi connectivity index (χ2v) is 5.31. The van der Waals surface area contributed by atoms with E-state index in [4.69, 9.17) is 21.6 Å². The third kappa shape index (κ3) is 7.31. The van der Waals surface area contributed by atoms with Crippen LogP contribution in [0.5, 0.6) is 5.75 Å². The predicted molar refractivity (Wildman–Crippen MR) is 109 cm³/mol. The van der Waals surface area contributed by atoms with Gasteiger partial charge in [-0.3, -0.25) is 10.2 Å². The average molecular weight is 399 g/mol. The summed E-state index contributed by atoms with van der Waals surface area (Å²) in [7, 11) is 0. The lowest BCUT2D eigenvalue weighted by atomic mass is 10.1. The van der Waals surface area contributed by atoms with Gasteiger partial charge in [0.2, 0.25) is 0 Å². The van der Waals surface area contributed by atoms with E-state index >= 15 is 0 Å². The number of carbonyl (C=O) groups excluding carboxylic acids is 1. The zero-order chi connectivity index (χ0) is 17.4. The number of nitrogen functional groups attached to an aromatic ring is 1. The topological polar surface area (TPSA) is 114 Å². The molecule has 0 heterocycles. The second kappa shape index (κ2) is 12.1. The van der Waals surface area contributed by atoms with Gasteiger partial charge in [0.15, 0.2) is 0 Å². The Morgan fingerprint density at radius 3 is 2.35 bits per heavy atom. The van der Waals surface area contributed by atoms with Gasteiger partial charge in [0.25, 0.3) is 5.91 Å². The van der Waals surface area contributed by atoms with Gasteiger partial charge >= 0.3 is 0 Å². The van der Waals surface area contributed by atoms with Crippen molar-refractivity contribution in [1.29, 1.82) is 5.41 Å². The Kier molecular flexibility index (Phi) is 11.1. The summed E-state index contributed by atoms with van der Waals surface area (Å²) in [6.07, 6.45) is 0.817. The Hall–Kier alpha value is -2.28. The maximum absolute atomic E-state index is 12.2. The number of halogens is 2. The molecule has 0 aliphatic rings. The monoisotopic (exact) mass is 398 g/mol. The Morgan fingerprint density at radius 2 is 1.73 bits per heavy atom. The summed E-state index contributed by atoms with van der Waals surface area (Å²) in [5.41, 5.74) is 12.8. The van der Waals surface area contributed by atoms with Gasteiger partial charge in [-0.1, -0.05) is 24.3 Å². The van der Waals surface area contributed by atoms with Crippen LogP contribution in [0.25, 0.3) is 0 Å². The maximum Gasteiger partial charge on any atom is 0.251 e. The van der Waals surface area contributed by atoms with E-state index in [9.17, 15) is 4.79 Å². The zero-order valence-electron chi connectivity index (χ0n) is 14.2. The van der Waals surface area contributed by atoms with E-state index in [1.54, 1.807) is 24.3 Å². The molecule has 0 saturated heterocycles. The highest BCUT2D eigenvalue weighted by molar-refractivity contribution is 6.00. The molecule has 0 radical (unpaired) electrons. The Labute approximate surface area is 165 Å². The van der Waals surface area contributed by atoms with Crippen LogP contribution in [0, 0.1) is 5.41 Å². The number of ether oxygens (including phenoxy) is 1. The lowest BCUT2D eigenvalue weighted by molar-refractivity contribution is 0.0951. The lowest BCUT2D eigenvalue weighted by Gasteiger charge is -2.08. The predicted octanol–water partition coefficient (Wildman–Crippen LogP) is 2.47. The number of benzene rings is 2. The normalized spacial score (nSPS) is 9.42. The molecule has 0 unspecified atom stereocenters. The molecule has 2 aromatic rings. The molecule has 142 valence electrons. The van der Waals surface area contributed by atoms with Gasteiger partial charge < -0.3 is 21.5 Å². The van der Waals surface area contributed by atoms with Crippen LogP contribution in [-0.4, -0.2) is 24.9 Å². The van der Waals surface area contributed by atoms with Crippen LogP contribution in [0.1, 0.15) is 27.9 Å². The molecule has 0 saturated carbocycles. The fourth-order valence-electron chi connectivity index (χ4n) is 2.09. The molecule has 0 atom stereocenters. The maximum atomic E-state index is 12.2. The van der Waals surface area contributed by atoms with Crippen molar-refractivity contribution in [1.82, 2.24) is 5.32 Å². The number of amides is 1. The summed E-state index contributed by atoms with van der Waals surface area (Å²) in [4.78, 5) is 12.2. The molecular weight excluding hydrogens is 375 g/mol. The van der Waals surface area contributed by atoms with Crippen molar-refractivity contribution in [2.45, 2.75) is 13.0 Å². The molecule has 2 rings (SSSR count). The highest BCUT2D eigenvalue weighted by Crippen LogP contribution is 2.12. The van der Waals surface area contributed by atoms with Crippen LogP contribution in [0.15, 0.2) is 48.5 Å². The van der Waals surface area contributed by atoms with E-state index in [2.05, 4.69) is 5.32 Å². The minimum Gasteiger partial charge on any atom is -0.494 e. The van der Waals surface area contributed by atoms with Crippen molar-refractivity contribution >= 4 is 36.6 Å². The molecule has 0 spiro atoms. The highest BCUT2D eigenvalue weighted by Gasteiger charge is 2.07. The van der Waals surface area contributed by atoms with Gasteiger partial charge in [0.1, 0.15) is 11.6 Å². The molecule has 1 amide bonds. The fourth-order valence-corrected chi connectivity index (χ4v) is 2.09. The molecular formula is C18H24Cl2N4O2. The van der Waals surface area contributed by atoms with E-state index < -0.39 is 0 Å². The van der Waals surface area contributed by atoms with Crippen molar-refractivity contribution in [3.8, 4) is 5.75 Å². The number of rotatable bonds is 8. The van der Waals surface area contributed by atoms with Crippen molar-refractivity contribution < 1.29 is 9.53 Å². The first-order valence-electron chi connectivity index (χ1n) is 7.74. The minimum absolute atomic E-state index is 0. The number of hydrogen-bond acceptors (Lipinski definition) is 4. The molecule has 0 bridgehead atoms. The molecule has 8 heteroatoms. The number of nitrogens with one attached hydrogen (secondary N) is 2. The first kappa shape index (κ1) is 23.7. The Bertz CT molecular complexity index is 709.